The van der Waals surface area contributed by atoms with Crippen molar-refractivity contribution in [3.8, 4) is 16.9 Å². The number of nitrogens with zero attached hydrogens (tertiary/aromatic N) is 1. The molecule has 2 heterocycles. The van der Waals surface area contributed by atoms with Gasteiger partial charge in [-0.1, -0.05) is 35.3 Å². The number of benzene rings is 2. The largest absolute Gasteiger partial charge is 0.507 e. The second-order valence-electron chi connectivity index (χ2n) is 6.48. The topological polar surface area (TPSA) is 79.0 Å². The van der Waals surface area contributed by atoms with Crippen LogP contribution in [0.15, 0.2) is 60.8 Å². The molecule has 150 valence electrons. The second kappa shape index (κ2) is 7.48. The Morgan fingerprint density at radius 1 is 0.933 bits per heavy atom. The summed E-state index contributed by atoms with van der Waals surface area (Å²) in [5.41, 5.74) is 0.457. The van der Waals surface area contributed by atoms with E-state index >= 15 is 0 Å². The van der Waals surface area contributed by atoms with Crippen LogP contribution in [0.25, 0.3) is 16.6 Å². The number of phenols is 1. The van der Waals surface area contributed by atoms with Crippen LogP contribution in [0.3, 0.4) is 0 Å². The summed E-state index contributed by atoms with van der Waals surface area (Å²) in [6.45, 7) is 0. The summed E-state index contributed by atoms with van der Waals surface area (Å²) in [5, 5.41) is 19.5. The Kier molecular flexibility index (Phi) is 4.97. The minimum atomic E-state index is -1.45. The third kappa shape index (κ3) is 3.20. The number of carboxylic acids is 1. The molecule has 4 aromatic rings. The summed E-state index contributed by atoms with van der Waals surface area (Å²) in [6, 6.07) is 13.0. The predicted octanol–water partition coefficient (Wildman–Crippen LogP) is 5.69. The van der Waals surface area contributed by atoms with Gasteiger partial charge in [0.05, 0.1) is 26.8 Å². The van der Waals surface area contributed by atoms with Crippen molar-refractivity contribution in [1.29, 1.82) is 0 Å². The second-order valence-corrected chi connectivity index (χ2v) is 7.29. The van der Waals surface area contributed by atoms with Crippen molar-refractivity contribution < 1.29 is 24.2 Å². The summed E-state index contributed by atoms with van der Waals surface area (Å²) in [6.07, 6.45) is 1.63. The number of carbonyl (C=O) groups excluding carboxylic acids is 1. The maximum atomic E-state index is 14.8. The van der Waals surface area contributed by atoms with Crippen LogP contribution >= 0.6 is 23.2 Å². The molecular weight excluding hydrogens is 432 g/mol. The highest BCUT2D eigenvalue weighted by Gasteiger charge is 2.24. The van der Waals surface area contributed by atoms with Crippen molar-refractivity contribution in [2.24, 2.45) is 0 Å². The maximum absolute atomic E-state index is 14.8. The van der Waals surface area contributed by atoms with E-state index in [-0.39, 0.29) is 26.9 Å². The molecule has 0 saturated carbocycles. The van der Waals surface area contributed by atoms with E-state index in [0.29, 0.717) is 11.1 Å². The minimum Gasteiger partial charge on any atom is -0.507 e. The summed E-state index contributed by atoms with van der Waals surface area (Å²) in [4.78, 5) is 24.4. The van der Waals surface area contributed by atoms with E-state index in [2.05, 4.69) is 0 Å². The van der Waals surface area contributed by atoms with Gasteiger partial charge in [-0.3, -0.25) is 4.79 Å². The van der Waals surface area contributed by atoms with E-state index in [0.717, 1.165) is 12.1 Å². The fraction of sp³-hybridized carbons (Fsp3) is 0. The first-order valence-corrected chi connectivity index (χ1v) is 9.40. The number of aromatic carboxylic acids is 1. The van der Waals surface area contributed by atoms with Crippen LogP contribution in [0.1, 0.15) is 26.4 Å². The Bertz CT molecular complexity index is 1330. The van der Waals surface area contributed by atoms with Gasteiger partial charge in [-0.25, -0.2) is 9.18 Å². The SMILES string of the molecule is O=C(O)c1cc(F)c(-c2cc(C(=O)c3c(Cl)cccc3Cl)n3ccccc23)cc1O. The number of halogens is 3. The zero-order valence-electron chi connectivity index (χ0n) is 15.1. The zero-order valence-corrected chi connectivity index (χ0v) is 16.6. The maximum Gasteiger partial charge on any atom is 0.339 e. The molecule has 5 nitrogen and oxygen atoms in total. The van der Waals surface area contributed by atoms with Crippen molar-refractivity contribution >= 4 is 40.5 Å². The molecule has 0 bridgehead atoms. The monoisotopic (exact) mass is 443 g/mol. The lowest BCUT2D eigenvalue weighted by Crippen LogP contribution is -2.06. The summed E-state index contributed by atoms with van der Waals surface area (Å²) in [5.74, 6) is -3.36. The molecule has 2 aromatic heterocycles. The molecule has 0 spiro atoms. The van der Waals surface area contributed by atoms with Crippen LogP contribution in [-0.2, 0) is 0 Å². The van der Waals surface area contributed by atoms with Crippen LogP contribution in [0.4, 0.5) is 4.39 Å². The standard InChI is InChI=1S/C22H12Cl2FNO4/c23-14-4-3-5-15(24)20(14)21(28)18-9-12(17-6-1-2-7-26(17)18)11-10-19(27)13(22(29)30)8-16(11)25/h1-10,27H,(H,29,30). The highest BCUT2D eigenvalue weighted by Crippen LogP contribution is 2.36. The number of carbonyl (C=O) groups is 2. The molecule has 0 amide bonds. The summed E-state index contributed by atoms with van der Waals surface area (Å²) in [7, 11) is 0. The Labute approximate surface area is 179 Å². The van der Waals surface area contributed by atoms with Crippen LogP contribution in [0, 0.1) is 5.82 Å². The first-order valence-electron chi connectivity index (χ1n) is 8.64. The van der Waals surface area contributed by atoms with E-state index in [9.17, 15) is 19.1 Å². The number of pyridine rings is 1. The van der Waals surface area contributed by atoms with E-state index in [4.69, 9.17) is 28.3 Å². The van der Waals surface area contributed by atoms with Crippen molar-refractivity contribution in [2.45, 2.75) is 0 Å². The number of aromatic hydroxyl groups is 1. The third-order valence-corrected chi connectivity index (χ3v) is 5.33. The van der Waals surface area contributed by atoms with Gasteiger partial charge < -0.3 is 14.6 Å². The lowest BCUT2D eigenvalue weighted by atomic mass is 10.0. The molecule has 0 aliphatic rings. The number of ketones is 1. The van der Waals surface area contributed by atoms with Gasteiger partial charge in [0.1, 0.15) is 17.1 Å². The normalized spacial score (nSPS) is 11.0. The van der Waals surface area contributed by atoms with Gasteiger partial charge in [0.25, 0.3) is 0 Å². The van der Waals surface area contributed by atoms with Crippen LogP contribution in [0.2, 0.25) is 10.0 Å². The van der Waals surface area contributed by atoms with Gasteiger partial charge >= 0.3 is 5.97 Å². The fourth-order valence-electron chi connectivity index (χ4n) is 3.33. The fourth-order valence-corrected chi connectivity index (χ4v) is 3.89. The van der Waals surface area contributed by atoms with Gasteiger partial charge in [0.15, 0.2) is 0 Å². The van der Waals surface area contributed by atoms with Gasteiger partial charge in [-0.2, -0.15) is 0 Å². The molecule has 0 atom stereocenters. The Hall–Kier alpha value is -3.35. The average molecular weight is 444 g/mol. The number of fused-ring (bicyclic) bond motifs is 1. The number of hydrogen-bond donors (Lipinski definition) is 2. The Balaban J connectivity index is 1.96. The van der Waals surface area contributed by atoms with Gasteiger partial charge in [-0.05, 0) is 42.5 Å². The van der Waals surface area contributed by atoms with Crippen LogP contribution < -0.4 is 0 Å². The van der Waals surface area contributed by atoms with Crippen molar-refractivity contribution in [3.63, 3.8) is 0 Å². The molecule has 0 aliphatic heterocycles. The number of aromatic nitrogens is 1. The summed E-state index contributed by atoms with van der Waals surface area (Å²) < 4.78 is 16.3. The first-order chi connectivity index (χ1) is 14.3. The van der Waals surface area contributed by atoms with Gasteiger partial charge in [0, 0.05) is 17.3 Å². The number of hydrogen-bond acceptors (Lipinski definition) is 3. The van der Waals surface area contributed by atoms with E-state index in [1.165, 1.54) is 6.07 Å². The van der Waals surface area contributed by atoms with E-state index in [1.807, 2.05) is 0 Å². The van der Waals surface area contributed by atoms with E-state index < -0.39 is 28.9 Å². The highest BCUT2D eigenvalue weighted by atomic mass is 35.5. The van der Waals surface area contributed by atoms with E-state index in [1.54, 1.807) is 47.0 Å². The van der Waals surface area contributed by atoms with Crippen molar-refractivity contribution in [2.75, 3.05) is 0 Å². The third-order valence-electron chi connectivity index (χ3n) is 4.70. The Morgan fingerprint density at radius 3 is 2.30 bits per heavy atom. The van der Waals surface area contributed by atoms with Crippen LogP contribution in [0.5, 0.6) is 5.75 Å². The first kappa shape index (κ1) is 19.9. The van der Waals surface area contributed by atoms with Crippen LogP contribution in [-0.4, -0.2) is 26.4 Å². The average Bonchev–Trinajstić information content (AvgIpc) is 3.08. The van der Waals surface area contributed by atoms with Gasteiger partial charge in [-0.15, -0.1) is 0 Å². The number of rotatable bonds is 4. The smallest absolute Gasteiger partial charge is 0.339 e. The molecule has 0 fully saturated rings. The zero-order chi connectivity index (χ0) is 21.6. The predicted molar refractivity (Wildman–Crippen MR) is 111 cm³/mol. The molecule has 0 saturated heterocycles. The molecule has 4 rings (SSSR count). The lowest BCUT2D eigenvalue weighted by molar-refractivity contribution is 0.0693. The minimum absolute atomic E-state index is 0.0505. The number of carboxylic acid groups (broad SMARTS) is 1. The lowest BCUT2D eigenvalue weighted by Gasteiger charge is -2.06. The molecule has 0 aliphatic carbocycles. The molecule has 0 radical (unpaired) electrons. The van der Waals surface area contributed by atoms with Crippen molar-refractivity contribution in [3.05, 3.63) is 93.5 Å². The molecule has 2 N–H and O–H groups in total. The van der Waals surface area contributed by atoms with Gasteiger partial charge in [0.2, 0.25) is 5.78 Å². The molecule has 30 heavy (non-hydrogen) atoms. The molecular formula is C22H12Cl2FNO4. The molecule has 2 aromatic carbocycles. The van der Waals surface area contributed by atoms with Crippen molar-refractivity contribution in [1.82, 2.24) is 4.40 Å². The quantitative estimate of drug-likeness (QED) is 0.397. The highest BCUT2D eigenvalue weighted by molar-refractivity contribution is 6.41. The molecule has 0 unspecified atom stereocenters. The Morgan fingerprint density at radius 2 is 1.63 bits per heavy atom. The molecule has 8 heteroatoms. The summed E-state index contributed by atoms with van der Waals surface area (Å²) >= 11 is 12.4.